The summed E-state index contributed by atoms with van der Waals surface area (Å²) in [7, 11) is 0. The fourth-order valence-corrected chi connectivity index (χ4v) is 4.17. The van der Waals surface area contributed by atoms with Gasteiger partial charge in [-0.15, -0.1) is 0 Å². The summed E-state index contributed by atoms with van der Waals surface area (Å²) in [6, 6.07) is 15.8. The van der Waals surface area contributed by atoms with E-state index < -0.39 is 0 Å². The Hall–Kier alpha value is -2.82. The number of nitriles is 1. The van der Waals surface area contributed by atoms with E-state index in [4.69, 9.17) is 9.68 Å². The van der Waals surface area contributed by atoms with Gasteiger partial charge in [0.05, 0.1) is 11.0 Å². The molecule has 2 aliphatic heterocycles. The van der Waals surface area contributed by atoms with Gasteiger partial charge in [-0.1, -0.05) is 30.3 Å². The first-order valence-electron chi connectivity index (χ1n) is 9.25. The summed E-state index contributed by atoms with van der Waals surface area (Å²) in [5, 5.41) is 9.46. The molecule has 3 heterocycles. The highest BCUT2D eigenvalue weighted by Gasteiger charge is 2.28. The van der Waals surface area contributed by atoms with Crippen molar-refractivity contribution in [1.29, 1.82) is 5.26 Å². The van der Waals surface area contributed by atoms with Crippen LogP contribution in [-0.4, -0.2) is 53.6 Å². The number of piperazine rings is 1. The largest absolute Gasteiger partial charge is 0.457 e. The molecule has 6 nitrogen and oxygen atoms in total. The lowest BCUT2D eigenvalue weighted by Gasteiger charge is -2.34. The van der Waals surface area contributed by atoms with Gasteiger partial charge in [-0.05, 0) is 23.9 Å². The highest BCUT2D eigenvalue weighted by atomic mass is 32.2. The number of hydrogen-bond donors (Lipinski definition) is 0. The van der Waals surface area contributed by atoms with Crippen LogP contribution in [0.25, 0.3) is 17.4 Å². The lowest BCUT2D eigenvalue weighted by molar-refractivity contribution is -0.113. The fraction of sp³-hybridized carbons (Fsp3) is 0.286. The third kappa shape index (κ3) is 4.19. The number of hydrogen-bond acceptors (Lipinski definition) is 6. The Bertz CT molecular complexity index is 950. The highest BCUT2D eigenvalue weighted by Crippen LogP contribution is 2.32. The number of rotatable bonds is 4. The van der Waals surface area contributed by atoms with Crippen molar-refractivity contribution >= 4 is 28.9 Å². The van der Waals surface area contributed by atoms with Crippen LogP contribution in [-0.2, 0) is 4.79 Å². The number of amidine groups is 1. The van der Waals surface area contributed by atoms with Crippen LogP contribution in [0.2, 0.25) is 0 Å². The molecular formula is C21H20N4O2S. The zero-order chi connectivity index (χ0) is 19.3. The fourth-order valence-electron chi connectivity index (χ4n) is 3.22. The SMILES string of the molecule is N#CCCN1CCN(C2=NC(=O)/C(=C\c3ccc(-c4ccccc4)o3)S2)CC1. The van der Waals surface area contributed by atoms with E-state index in [2.05, 4.69) is 20.9 Å². The molecule has 1 fully saturated rings. The second-order valence-corrected chi connectivity index (χ2v) is 7.62. The van der Waals surface area contributed by atoms with Gasteiger partial charge >= 0.3 is 0 Å². The van der Waals surface area contributed by atoms with Crippen molar-refractivity contribution in [3.8, 4) is 17.4 Å². The predicted octanol–water partition coefficient (Wildman–Crippen LogP) is 3.45. The molecule has 0 N–H and O–H groups in total. The standard InChI is InChI=1S/C21H20N4O2S/c22-9-4-10-24-11-13-25(14-12-24)21-23-20(26)19(28-21)15-17-7-8-18(27-17)16-5-2-1-3-6-16/h1-3,5-8,15H,4,10-14H2/b19-15+. The number of carbonyl (C=O) groups excluding carboxylic acids is 1. The molecule has 2 aromatic rings. The molecule has 0 saturated carbocycles. The number of aliphatic imine (C=N–C) groups is 1. The molecule has 7 heteroatoms. The van der Waals surface area contributed by atoms with Gasteiger partial charge in [-0.2, -0.15) is 10.3 Å². The Balaban J connectivity index is 1.39. The molecule has 0 atom stereocenters. The Morgan fingerprint density at radius 2 is 1.93 bits per heavy atom. The van der Waals surface area contributed by atoms with E-state index >= 15 is 0 Å². The molecule has 0 bridgehead atoms. The maximum absolute atomic E-state index is 12.3. The number of furan rings is 1. The molecule has 4 rings (SSSR count). The number of thioether (sulfide) groups is 1. The van der Waals surface area contributed by atoms with Crippen molar-refractivity contribution in [1.82, 2.24) is 9.80 Å². The van der Waals surface area contributed by atoms with E-state index in [1.54, 1.807) is 6.08 Å². The average Bonchev–Trinajstić information content (AvgIpc) is 3.35. The molecular weight excluding hydrogens is 372 g/mol. The minimum Gasteiger partial charge on any atom is -0.457 e. The number of benzene rings is 1. The molecule has 1 amide bonds. The molecule has 142 valence electrons. The molecule has 0 aliphatic carbocycles. The number of amides is 1. The number of carbonyl (C=O) groups is 1. The molecule has 0 spiro atoms. The first kappa shape index (κ1) is 18.5. The molecule has 1 aromatic carbocycles. The van der Waals surface area contributed by atoms with Gasteiger partial charge in [0, 0.05) is 50.8 Å². The van der Waals surface area contributed by atoms with E-state index in [1.165, 1.54) is 11.8 Å². The minimum atomic E-state index is -0.218. The predicted molar refractivity (Wildman–Crippen MR) is 110 cm³/mol. The Morgan fingerprint density at radius 1 is 1.14 bits per heavy atom. The summed E-state index contributed by atoms with van der Waals surface area (Å²) in [4.78, 5) is 21.5. The quantitative estimate of drug-likeness (QED) is 0.742. The highest BCUT2D eigenvalue weighted by molar-refractivity contribution is 8.18. The van der Waals surface area contributed by atoms with Crippen LogP contribution in [0.5, 0.6) is 0 Å². The van der Waals surface area contributed by atoms with Gasteiger partial charge in [0.15, 0.2) is 5.17 Å². The Morgan fingerprint density at radius 3 is 2.68 bits per heavy atom. The Kier molecular flexibility index (Phi) is 5.60. The van der Waals surface area contributed by atoms with Crippen molar-refractivity contribution in [3.63, 3.8) is 0 Å². The summed E-state index contributed by atoms with van der Waals surface area (Å²) in [6.07, 6.45) is 2.31. The summed E-state index contributed by atoms with van der Waals surface area (Å²) in [5.74, 6) is 1.20. The zero-order valence-corrected chi connectivity index (χ0v) is 16.2. The topological polar surface area (TPSA) is 72.8 Å². The van der Waals surface area contributed by atoms with Crippen LogP contribution in [0, 0.1) is 11.3 Å². The molecule has 0 radical (unpaired) electrons. The van der Waals surface area contributed by atoms with Crippen LogP contribution in [0.1, 0.15) is 12.2 Å². The van der Waals surface area contributed by atoms with Crippen LogP contribution in [0.15, 0.2) is 56.8 Å². The molecule has 1 aromatic heterocycles. The molecule has 2 aliphatic rings. The van der Waals surface area contributed by atoms with E-state index in [0.717, 1.165) is 49.2 Å². The first-order valence-corrected chi connectivity index (χ1v) is 10.1. The minimum absolute atomic E-state index is 0.218. The number of nitrogens with zero attached hydrogens (tertiary/aromatic N) is 4. The lowest BCUT2D eigenvalue weighted by Crippen LogP contribution is -2.47. The summed E-state index contributed by atoms with van der Waals surface area (Å²) < 4.78 is 5.87. The van der Waals surface area contributed by atoms with Crippen molar-refractivity contribution < 1.29 is 9.21 Å². The van der Waals surface area contributed by atoms with Gasteiger partial charge in [-0.3, -0.25) is 9.69 Å². The molecule has 28 heavy (non-hydrogen) atoms. The third-order valence-corrected chi connectivity index (χ3v) is 5.79. The zero-order valence-electron chi connectivity index (χ0n) is 15.4. The van der Waals surface area contributed by atoms with Crippen molar-refractivity contribution in [2.24, 2.45) is 4.99 Å². The van der Waals surface area contributed by atoms with Gasteiger partial charge in [-0.25, -0.2) is 0 Å². The van der Waals surface area contributed by atoms with E-state index in [-0.39, 0.29) is 5.91 Å². The second kappa shape index (κ2) is 8.46. The van der Waals surface area contributed by atoms with Crippen molar-refractivity contribution in [3.05, 3.63) is 53.1 Å². The van der Waals surface area contributed by atoms with Gasteiger partial charge in [0.2, 0.25) is 0 Å². The van der Waals surface area contributed by atoms with E-state index in [9.17, 15) is 4.79 Å². The Labute approximate surface area is 168 Å². The van der Waals surface area contributed by atoms with Crippen LogP contribution in [0.3, 0.4) is 0 Å². The maximum atomic E-state index is 12.3. The lowest BCUT2D eigenvalue weighted by atomic mass is 10.2. The maximum Gasteiger partial charge on any atom is 0.286 e. The smallest absolute Gasteiger partial charge is 0.286 e. The summed E-state index contributed by atoms with van der Waals surface area (Å²) in [5.41, 5.74) is 1.00. The van der Waals surface area contributed by atoms with Gasteiger partial charge in [0.1, 0.15) is 11.5 Å². The molecule has 1 saturated heterocycles. The molecule has 0 unspecified atom stereocenters. The van der Waals surface area contributed by atoms with E-state index in [0.29, 0.717) is 17.1 Å². The van der Waals surface area contributed by atoms with Crippen molar-refractivity contribution in [2.75, 3.05) is 32.7 Å². The van der Waals surface area contributed by atoms with Gasteiger partial charge < -0.3 is 9.32 Å². The summed E-state index contributed by atoms with van der Waals surface area (Å²) >= 11 is 1.40. The van der Waals surface area contributed by atoms with Gasteiger partial charge in [0.25, 0.3) is 5.91 Å². The van der Waals surface area contributed by atoms with Crippen molar-refractivity contribution in [2.45, 2.75) is 6.42 Å². The second-order valence-electron chi connectivity index (χ2n) is 6.62. The van der Waals surface area contributed by atoms with E-state index in [1.807, 2.05) is 42.5 Å². The average molecular weight is 392 g/mol. The van der Waals surface area contributed by atoms with Crippen LogP contribution >= 0.6 is 11.8 Å². The normalized spacial score (nSPS) is 19.1. The van der Waals surface area contributed by atoms with Crippen LogP contribution < -0.4 is 0 Å². The first-order chi connectivity index (χ1) is 13.7. The monoisotopic (exact) mass is 392 g/mol. The summed E-state index contributed by atoms with van der Waals surface area (Å²) in [6.45, 7) is 4.20. The van der Waals surface area contributed by atoms with Crippen LogP contribution in [0.4, 0.5) is 0 Å². The third-order valence-electron chi connectivity index (χ3n) is 4.75.